The van der Waals surface area contributed by atoms with Crippen molar-refractivity contribution in [3.05, 3.63) is 52.6 Å². The Bertz CT molecular complexity index is 496. The molecule has 1 rings (SSSR count). The molecule has 1 aromatic carbocycles. The van der Waals surface area contributed by atoms with Gasteiger partial charge in [-0.2, -0.15) is 0 Å². The van der Waals surface area contributed by atoms with E-state index in [0.717, 1.165) is 29.4 Å². The molecule has 0 saturated carbocycles. The molecule has 1 aromatic rings. The Hall–Kier alpha value is -1.48. The first-order chi connectivity index (χ1) is 10.2. The zero-order valence-electron chi connectivity index (χ0n) is 13.4. The smallest absolute Gasteiger partial charge is 0.118 e. The third-order valence-corrected chi connectivity index (χ3v) is 3.81. The van der Waals surface area contributed by atoms with Crippen LogP contribution < -0.4 is 4.74 Å². The molecule has 0 heterocycles. The highest BCUT2D eigenvalue weighted by atomic mass is 32.2. The summed E-state index contributed by atoms with van der Waals surface area (Å²) < 4.78 is 5.18. The molecule has 0 spiro atoms. The quantitative estimate of drug-likeness (QED) is 0.582. The molecule has 0 bridgehead atoms. The monoisotopic (exact) mass is 303 g/mol. The molecule has 114 valence electrons. The molecule has 0 aliphatic heterocycles. The average Bonchev–Trinajstić information content (AvgIpc) is 2.49. The van der Waals surface area contributed by atoms with Gasteiger partial charge < -0.3 is 4.74 Å². The molecule has 3 heteroatoms. The van der Waals surface area contributed by atoms with Crippen LogP contribution in [0.4, 0.5) is 0 Å². The minimum Gasteiger partial charge on any atom is -0.497 e. The molecule has 0 N–H and O–H groups in total. The predicted octanol–water partition coefficient (Wildman–Crippen LogP) is 5.61. The maximum absolute atomic E-state index is 5.18. The molecular weight excluding hydrogens is 278 g/mol. The Morgan fingerprint density at radius 2 is 1.95 bits per heavy atom. The summed E-state index contributed by atoms with van der Waals surface area (Å²) in [5.41, 5.74) is 2.54. The van der Waals surface area contributed by atoms with Crippen molar-refractivity contribution in [2.45, 2.75) is 39.4 Å². The third kappa shape index (κ3) is 7.76. The van der Waals surface area contributed by atoms with Crippen molar-refractivity contribution in [3.63, 3.8) is 0 Å². The van der Waals surface area contributed by atoms with Crippen molar-refractivity contribution in [1.29, 1.82) is 0 Å². The van der Waals surface area contributed by atoms with Crippen molar-refractivity contribution < 1.29 is 4.74 Å². The molecular formula is C18H25NOS. The third-order valence-electron chi connectivity index (χ3n) is 2.76. The molecule has 0 aromatic heterocycles. The molecule has 21 heavy (non-hydrogen) atoms. The van der Waals surface area contributed by atoms with Gasteiger partial charge in [-0.15, -0.1) is 11.8 Å². The van der Waals surface area contributed by atoms with E-state index in [1.165, 1.54) is 11.1 Å². The SMILES string of the molecule is CCC/C=C(/N=CC=C(C)C)SCc1ccc(OC)cc1. The molecule has 0 amide bonds. The zero-order chi connectivity index (χ0) is 15.5. The lowest BCUT2D eigenvalue weighted by Crippen LogP contribution is -1.85. The van der Waals surface area contributed by atoms with Gasteiger partial charge in [-0.05, 0) is 44.0 Å². The lowest BCUT2D eigenvalue weighted by atomic mass is 10.2. The average molecular weight is 303 g/mol. The Morgan fingerprint density at radius 1 is 1.24 bits per heavy atom. The molecule has 0 atom stereocenters. The maximum Gasteiger partial charge on any atom is 0.118 e. The van der Waals surface area contributed by atoms with Crippen LogP contribution in [0, 0.1) is 0 Å². The van der Waals surface area contributed by atoms with Gasteiger partial charge in [0.15, 0.2) is 0 Å². The predicted molar refractivity (Wildman–Crippen MR) is 95.2 cm³/mol. The first-order valence-electron chi connectivity index (χ1n) is 7.29. The summed E-state index contributed by atoms with van der Waals surface area (Å²) in [6.07, 6.45) is 8.34. The van der Waals surface area contributed by atoms with E-state index in [4.69, 9.17) is 4.74 Å². The van der Waals surface area contributed by atoms with E-state index in [0.29, 0.717) is 0 Å². The van der Waals surface area contributed by atoms with Crippen molar-refractivity contribution in [1.82, 2.24) is 0 Å². The van der Waals surface area contributed by atoms with Gasteiger partial charge in [-0.3, -0.25) is 4.99 Å². The number of hydrogen-bond donors (Lipinski definition) is 0. The fourth-order valence-corrected chi connectivity index (χ4v) is 2.43. The maximum atomic E-state index is 5.18. The number of rotatable bonds is 8. The number of thioether (sulfide) groups is 1. The van der Waals surface area contributed by atoms with Crippen molar-refractivity contribution in [2.75, 3.05) is 7.11 Å². The van der Waals surface area contributed by atoms with E-state index in [-0.39, 0.29) is 0 Å². The van der Waals surface area contributed by atoms with Gasteiger partial charge in [0.2, 0.25) is 0 Å². The van der Waals surface area contributed by atoms with Gasteiger partial charge in [0.25, 0.3) is 0 Å². The summed E-state index contributed by atoms with van der Waals surface area (Å²) >= 11 is 1.77. The van der Waals surface area contributed by atoms with Crippen LogP contribution in [0.3, 0.4) is 0 Å². The number of unbranched alkanes of at least 4 members (excludes halogenated alkanes) is 1. The van der Waals surface area contributed by atoms with Gasteiger partial charge in [0, 0.05) is 12.0 Å². The fraction of sp³-hybridized carbons (Fsp3) is 0.389. The van der Waals surface area contributed by atoms with Gasteiger partial charge in [-0.1, -0.05) is 37.1 Å². The lowest BCUT2D eigenvalue weighted by Gasteiger charge is -2.04. The van der Waals surface area contributed by atoms with E-state index in [2.05, 4.69) is 44.0 Å². The summed E-state index contributed by atoms with van der Waals surface area (Å²) in [6.45, 7) is 6.33. The van der Waals surface area contributed by atoms with Gasteiger partial charge in [0.1, 0.15) is 5.75 Å². The van der Waals surface area contributed by atoms with Crippen LogP contribution in [0.15, 0.2) is 52.0 Å². The molecule has 0 aliphatic carbocycles. The molecule has 0 saturated heterocycles. The second-order valence-electron chi connectivity index (χ2n) is 4.99. The minimum atomic E-state index is 0.895. The van der Waals surface area contributed by atoms with E-state index in [1.54, 1.807) is 18.9 Å². The van der Waals surface area contributed by atoms with Crippen molar-refractivity contribution >= 4 is 18.0 Å². The normalized spacial score (nSPS) is 11.7. The van der Waals surface area contributed by atoms with E-state index in [9.17, 15) is 0 Å². The number of allylic oxidation sites excluding steroid dienone is 3. The largest absolute Gasteiger partial charge is 0.497 e. The van der Waals surface area contributed by atoms with E-state index < -0.39 is 0 Å². The van der Waals surface area contributed by atoms with Gasteiger partial charge >= 0.3 is 0 Å². The Balaban J connectivity index is 2.63. The fourth-order valence-electron chi connectivity index (χ4n) is 1.56. The molecule has 0 unspecified atom stereocenters. The summed E-state index contributed by atoms with van der Waals surface area (Å²) in [5, 5.41) is 1.09. The molecule has 0 aliphatic rings. The highest BCUT2D eigenvalue weighted by Crippen LogP contribution is 2.24. The highest BCUT2D eigenvalue weighted by molar-refractivity contribution is 8.02. The first kappa shape index (κ1) is 17.6. The van der Waals surface area contributed by atoms with Crippen molar-refractivity contribution in [3.8, 4) is 5.75 Å². The Labute approximate surface area is 133 Å². The van der Waals surface area contributed by atoms with Crippen LogP contribution in [-0.4, -0.2) is 13.3 Å². The number of aliphatic imine (C=N–C) groups is 1. The molecule has 0 fully saturated rings. The summed E-state index contributed by atoms with van der Waals surface area (Å²) in [7, 11) is 1.69. The number of hydrogen-bond acceptors (Lipinski definition) is 3. The second kappa shape index (κ2) is 10.3. The van der Waals surface area contributed by atoms with Crippen molar-refractivity contribution in [2.24, 2.45) is 4.99 Å². The lowest BCUT2D eigenvalue weighted by molar-refractivity contribution is 0.414. The van der Waals surface area contributed by atoms with E-state index >= 15 is 0 Å². The number of methoxy groups -OCH3 is 1. The number of ether oxygens (including phenoxy) is 1. The van der Waals surface area contributed by atoms with Gasteiger partial charge in [0.05, 0.1) is 12.1 Å². The van der Waals surface area contributed by atoms with Crippen LogP contribution in [0.25, 0.3) is 0 Å². The number of nitrogens with zero attached hydrogens (tertiary/aromatic N) is 1. The second-order valence-corrected chi connectivity index (χ2v) is 5.99. The van der Waals surface area contributed by atoms with Crippen LogP contribution in [-0.2, 0) is 5.75 Å². The van der Waals surface area contributed by atoms with Crippen LogP contribution in [0.1, 0.15) is 39.2 Å². The van der Waals surface area contributed by atoms with Crippen LogP contribution >= 0.6 is 11.8 Å². The summed E-state index contributed by atoms with van der Waals surface area (Å²) in [4.78, 5) is 4.55. The molecule has 2 nitrogen and oxygen atoms in total. The standard InChI is InChI=1S/C18H25NOS/c1-5-6-7-18(19-13-12-15(2)3)21-14-16-8-10-17(20-4)11-9-16/h7-13H,5-6,14H2,1-4H3/b18-7-,19-13?. The zero-order valence-corrected chi connectivity index (χ0v) is 14.2. The van der Waals surface area contributed by atoms with E-state index in [1.807, 2.05) is 24.4 Å². The molecule has 0 radical (unpaired) electrons. The topological polar surface area (TPSA) is 21.6 Å². The Kier molecular flexibility index (Phi) is 8.60. The first-order valence-corrected chi connectivity index (χ1v) is 8.27. The minimum absolute atomic E-state index is 0.895. The summed E-state index contributed by atoms with van der Waals surface area (Å²) in [6, 6.07) is 8.20. The number of benzene rings is 1. The highest BCUT2D eigenvalue weighted by Gasteiger charge is 1.99. The van der Waals surface area contributed by atoms with Crippen LogP contribution in [0.2, 0.25) is 0 Å². The van der Waals surface area contributed by atoms with Gasteiger partial charge in [-0.25, -0.2) is 0 Å². The Morgan fingerprint density at radius 3 is 2.52 bits per heavy atom. The summed E-state index contributed by atoms with van der Waals surface area (Å²) in [5.74, 6) is 1.82. The van der Waals surface area contributed by atoms with Crippen LogP contribution in [0.5, 0.6) is 5.75 Å².